The first-order valence-corrected chi connectivity index (χ1v) is 4.79. The van der Waals surface area contributed by atoms with E-state index in [0.29, 0.717) is 5.57 Å². The highest BCUT2D eigenvalue weighted by molar-refractivity contribution is 6.26. The lowest BCUT2D eigenvalue weighted by molar-refractivity contribution is -0.124. The summed E-state index contributed by atoms with van der Waals surface area (Å²) in [4.78, 5) is 11.7. The summed E-state index contributed by atoms with van der Waals surface area (Å²) >= 11 is 0. The second kappa shape index (κ2) is 3.69. The number of rotatable bonds is 1. The summed E-state index contributed by atoms with van der Waals surface area (Å²) in [5.74, 6) is -0.0450. The molecule has 76 valence electrons. The molecular weight excluding hydrogens is 188 g/mol. The first-order chi connectivity index (χ1) is 7.18. The van der Waals surface area contributed by atoms with Crippen molar-refractivity contribution in [1.29, 1.82) is 0 Å². The van der Waals surface area contributed by atoms with Gasteiger partial charge in [-0.3, -0.25) is 4.79 Å². The fourth-order valence-corrected chi connectivity index (χ4v) is 1.54. The van der Waals surface area contributed by atoms with Crippen LogP contribution < -0.4 is 0 Å². The van der Waals surface area contributed by atoms with Crippen LogP contribution in [0.2, 0.25) is 0 Å². The predicted octanol–water partition coefficient (Wildman–Crippen LogP) is 1.92. The fourth-order valence-electron chi connectivity index (χ4n) is 1.54. The minimum absolute atomic E-state index is 0.0450. The van der Waals surface area contributed by atoms with E-state index in [1.165, 1.54) is 5.01 Å². The smallest absolute Gasteiger partial charge is 0.267 e. The van der Waals surface area contributed by atoms with Gasteiger partial charge < -0.3 is 0 Å². The van der Waals surface area contributed by atoms with Crippen LogP contribution in [-0.4, -0.2) is 23.7 Å². The SMILES string of the molecule is CC1=NN(C)C(=O)C1=Cc1ccccc1. The van der Waals surface area contributed by atoms with E-state index in [1.54, 1.807) is 7.05 Å². The van der Waals surface area contributed by atoms with Crippen molar-refractivity contribution < 1.29 is 4.79 Å². The first-order valence-electron chi connectivity index (χ1n) is 4.79. The van der Waals surface area contributed by atoms with Crippen LogP contribution in [0, 0.1) is 0 Å². The average Bonchev–Trinajstić information content (AvgIpc) is 2.47. The number of hydrogen-bond acceptors (Lipinski definition) is 2. The number of likely N-dealkylation sites (N-methyl/N-ethyl adjacent to an activating group) is 1. The second-order valence-corrected chi connectivity index (χ2v) is 3.48. The summed E-state index contributed by atoms with van der Waals surface area (Å²) < 4.78 is 0. The Morgan fingerprint density at radius 1 is 1.27 bits per heavy atom. The molecular formula is C12H12N2O. The van der Waals surface area contributed by atoms with Gasteiger partial charge in [0.05, 0.1) is 11.3 Å². The Morgan fingerprint density at radius 2 is 1.93 bits per heavy atom. The maximum atomic E-state index is 11.7. The van der Waals surface area contributed by atoms with Gasteiger partial charge >= 0.3 is 0 Å². The van der Waals surface area contributed by atoms with Crippen LogP contribution in [0.1, 0.15) is 12.5 Å². The third-order valence-corrected chi connectivity index (χ3v) is 2.32. The van der Waals surface area contributed by atoms with Gasteiger partial charge in [0.25, 0.3) is 5.91 Å². The lowest BCUT2D eigenvalue weighted by Crippen LogP contribution is -2.16. The van der Waals surface area contributed by atoms with E-state index in [0.717, 1.165) is 11.3 Å². The number of carbonyl (C=O) groups is 1. The van der Waals surface area contributed by atoms with E-state index < -0.39 is 0 Å². The number of carbonyl (C=O) groups excluding carboxylic acids is 1. The van der Waals surface area contributed by atoms with Crippen LogP contribution in [0.15, 0.2) is 41.0 Å². The topological polar surface area (TPSA) is 32.7 Å². The van der Waals surface area contributed by atoms with Crippen molar-refractivity contribution in [2.45, 2.75) is 6.92 Å². The molecule has 2 rings (SSSR count). The summed E-state index contributed by atoms with van der Waals surface area (Å²) in [5, 5.41) is 5.44. The van der Waals surface area contributed by atoms with Crippen molar-refractivity contribution in [3.63, 3.8) is 0 Å². The van der Waals surface area contributed by atoms with Crippen LogP contribution in [-0.2, 0) is 4.79 Å². The molecule has 1 aliphatic heterocycles. The summed E-state index contributed by atoms with van der Waals surface area (Å²) in [6, 6.07) is 9.77. The second-order valence-electron chi connectivity index (χ2n) is 3.48. The quantitative estimate of drug-likeness (QED) is 0.637. The molecule has 3 nitrogen and oxygen atoms in total. The molecule has 0 unspecified atom stereocenters. The van der Waals surface area contributed by atoms with E-state index in [1.807, 2.05) is 43.3 Å². The minimum atomic E-state index is -0.0450. The van der Waals surface area contributed by atoms with E-state index >= 15 is 0 Å². The Labute approximate surface area is 88.7 Å². The number of benzene rings is 1. The molecule has 0 fully saturated rings. The molecule has 0 saturated heterocycles. The molecule has 0 spiro atoms. The number of amides is 1. The van der Waals surface area contributed by atoms with Crippen LogP contribution >= 0.6 is 0 Å². The molecule has 0 atom stereocenters. The van der Waals surface area contributed by atoms with Gasteiger partial charge in [0.15, 0.2) is 0 Å². The third-order valence-electron chi connectivity index (χ3n) is 2.32. The zero-order valence-corrected chi connectivity index (χ0v) is 8.77. The van der Waals surface area contributed by atoms with Crippen molar-refractivity contribution >= 4 is 17.7 Å². The van der Waals surface area contributed by atoms with Gasteiger partial charge in [-0.05, 0) is 18.6 Å². The molecule has 3 heteroatoms. The normalized spacial score (nSPS) is 18.5. The molecule has 0 saturated carbocycles. The third kappa shape index (κ3) is 1.81. The number of nitrogens with zero attached hydrogens (tertiary/aromatic N) is 2. The molecule has 1 aromatic carbocycles. The molecule has 0 radical (unpaired) electrons. The standard InChI is InChI=1S/C12H12N2O/c1-9-11(12(15)14(2)13-9)8-10-6-4-3-5-7-10/h3-8H,1-2H3. The van der Waals surface area contributed by atoms with E-state index in [9.17, 15) is 4.79 Å². The summed E-state index contributed by atoms with van der Waals surface area (Å²) in [6.45, 7) is 1.84. The largest absolute Gasteiger partial charge is 0.275 e. The van der Waals surface area contributed by atoms with Gasteiger partial charge in [0.1, 0.15) is 0 Å². The lowest BCUT2D eigenvalue weighted by Gasteiger charge is -2.01. The number of hydrogen-bond donors (Lipinski definition) is 0. The van der Waals surface area contributed by atoms with Crippen molar-refractivity contribution in [2.24, 2.45) is 5.10 Å². The molecule has 1 aromatic rings. The molecule has 1 heterocycles. The highest BCUT2D eigenvalue weighted by Gasteiger charge is 2.23. The molecule has 15 heavy (non-hydrogen) atoms. The summed E-state index contributed by atoms with van der Waals surface area (Å²) in [5.41, 5.74) is 2.46. The molecule has 0 N–H and O–H groups in total. The molecule has 1 amide bonds. The van der Waals surface area contributed by atoms with Crippen molar-refractivity contribution in [1.82, 2.24) is 5.01 Å². The Bertz CT molecular complexity index is 446. The number of hydrazone groups is 1. The lowest BCUT2D eigenvalue weighted by atomic mass is 10.1. The van der Waals surface area contributed by atoms with Gasteiger partial charge in [-0.25, -0.2) is 5.01 Å². The van der Waals surface area contributed by atoms with Gasteiger partial charge in [-0.2, -0.15) is 5.10 Å². The summed E-state index contributed by atoms with van der Waals surface area (Å²) in [6.07, 6.45) is 1.87. The molecule has 1 aliphatic rings. The zero-order chi connectivity index (χ0) is 10.8. The Hall–Kier alpha value is -1.90. The predicted molar refractivity (Wildman–Crippen MR) is 60.3 cm³/mol. The van der Waals surface area contributed by atoms with E-state index in [-0.39, 0.29) is 5.91 Å². The highest BCUT2D eigenvalue weighted by atomic mass is 16.2. The van der Waals surface area contributed by atoms with Gasteiger partial charge in [-0.1, -0.05) is 30.3 Å². The first kappa shape index (κ1) is 9.65. The van der Waals surface area contributed by atoms with Gasteiger partial charge in [-0.15, -0.1) is 0 Å². The zero-order valence-electron chi connectivity index (χ0n) is 8.77. The Kier molecular flexibility index (Phi) is 2.37. The van der Waals surface area contributed by atoms with Crippen LogP contribution in [0.25, 0.3) is 6.08 Å². The Morgan fingerprint density at radius 3 is 2.47 bits per heavy atom. The van der Waals surface area contributed by atoms with Crippen molar-refractivity contribution in [2.75, 3.05) is 7.05 Å². The van der Waals surface area contributed by atoms with Crippen LogP contribution in [0.4, 0.5) is 0 Å². The van der Waals surface area contributed by atoms with Crippen molar-refractivity contribution in [3.8, 4) is 0 Å². The Balaban J connectivity index is 2.37. The van der Waals surface area contributed by atoms with Gasteiger partial charge in [0, 0.05) is 7.05 Å². The molecule has 0 aromatic heterocycles. The highest BCUT2D eigenvalue weighted by Crippen LogP contribution is 2.16. The molecule has 0 aliphatic carbocycles. The molecule has 0 bridgehead atoms. The fraction of sp³-hybridized carbons (Fsp3) is 0.167. The van der Waals surface area contributed by atoms with Crippen LogP contribution in [0.5, 0.6) is 0 Å². The van der Waals surface area contributed by atoms with Crippen LogP contribution in [0.3, 0.4) is 0 Å². The maximum Gasteiger partial charge on any atom is 0.275 e. The average molecular weight is 200 g/mol. The minimum Gasteiger partial charge on any atom is -0.267 e. The maximum absolute atomic E-state index is 11.7. The monoisotopic (exact) mass is 200 g/mol. The summed E-state index contributed by atoms with van der Waals surface area (Å²) in [7, 11) is 1.66. The van der Waals surface area contributed by atoms with E-state index in [2.05, 4.69) is 5.10 Å². The van der Waals surface area contributed by atoms with Gasteiger partial charge in [0.2, 0.25) is 0 Å². The van der Waals surface area contributed by atoms with Crippen molar-refractivity contribution in [3.05, 3.63) is 41.5 Å². The van der Waals surface area contributed by atoms with E-state index in [4.69, 9.17) is 0 Å².